The number of nitrogens with zero attached hydrogens (tertiary/aromatic N) is 2. The molecule has 0 unspecified atom stereocenters. The Morgan fingerprint density at radius 2 is 2.09 bits per heavy atom. The number of fused-ring (bicyclic) bond motifs is 1. The van der Waals surface area contributed by atoms with Gasteiger partial charge in [0.25, 0.3) is 5.91 Å². The molecule has 2 aromatic heterocycles. The minimum Gasteiger partial charge on any atom is -0.470 e. The van der Waals surface area contributed by atoms with Gasteiger partial charge in [-0.05, 0) is 34.1 Å². The van der Waals surface area contributed by atoms with Crippen molar-refractivity contribution in [2.75, 3.05) is 13.1 Å². The molecule has 0 radical (unpaired) electrons. The van der Waals surface area contributed by atoms with Crippen molar-refractivity contribution < 1.29 is 9.53 Å². The van der Waals surface area contributed by atoms with E-state index in [1.54, 1.807) is 17.3 Å². The number of nitrogens with one attached hydrogen (secondary N) is 1. The minimum atomic E-state index is -0.0182. The molecule has 4 rings (SSSR count). The third-order valence-electron chi connectivity index (χ3n) is 3.96. The molecule has 1 aromatic carbocycles. The van der Waals surface area contributed by atoms with Gasteiger partial charge < -0.3 is 14.6 Å². The Balaban J connectivity index is 1.44. The highest BCUT2D eigenvalue weighted by atomic mass is 79.9. The van der Waals surface area contributed by atoms with E-state index in [9.17, 15) is 4.79 Å². The van der Waals surface area contributed by atoms with Crippen LogP contribution in [0.4, 0.5) is 0 Å². The summed E-state index contributed by atoms with van der Waals surface area (Å²) in [4.78, 5) is 21.7. The second kappa shape index (κ2) is 5.70. The van der Waals surface area contributed by atoms with Gasteiger partial charge in [0.1, 0.15) is 6.10 Å². The summed E-state index contributed by atoms with van der Waals surface area (Å²) in [5, 5.41) is 0.953. The zero-order valence-electron chi connectivity index (χ0n) is 12.2. The highest BCUT2D eigenvalue weighted by Crippen LogP contribution is 2.26. The van der Waals surface area contributed by atoms with Gasteiger partial charge in [-0.25, -0.2) is 4.98 Å². The Labute approximate surface area is 141 Å². The third-order valence-corrected chi connectivity index (χ3v) is 4.56. The van der Waals surface area contributed by atoms with Crippen molar-refractivity contribution in [3.8, 4) is 5.88 Å². The van der Waals surface area contributed by atoms with Crippen molar-refractivity contribution in [1.82, 2.24) is 14.9 Å². The fourth-order valence-corrected chi connectivity index (χ4v) is 3.06. The van der Waals surface area contributed by atoms with E-state index in [1.165, 1.54) is 0 Å². The normalized spacial score (nSPS) is 14.7. The van der Waals surface area contributed by atoms with Crippen LogP contribution in [0.2, 0.25) is 0 Å². The van der Waals surface area contributed by atoms with Crippen molar-refractivity contribution in [2.24, 2.45) is 0 Å². The molecule has 1 aliphatic heterocycles. The smallest absolute Gasteiger partial charge is 0.256 e. The van der Waals surface area contributed by atoms with Crippen molar-refractivity contribution in [2.45, 2.75) is 6.10 Å². The summed E-state index contributed by atoms with van der Waals surface area (Å²) >= 11 is 3.41. The monoisotopic (exact) mass is 371 g/mol. The summed E-state index contributed by atoms with van der Waals surface area (Å²) in [5.41, 5.74) is 1.68. The molecule has 1 N–H and O–H groups in total. The Hall–Kier alpha value is -2.34. The lowest BCUT2D eigenvalue weighted by molar-refractivity contribution is 0.0158. The number of rotatable bonds is 3. The highest BCUT2D eigenvalue weighted by molar-refractivity contribution is 9.10. The van der Waals surface area contributed by atoms with Gasteiger partial charge in [0.15, 0.2) is 0 Å². The molecule has 0 spiro atoms. The van der Waals surface area contributed by atoms with E-state index in [0.29, 0.717) is 24.5 Å². The second-order valence-corrected chi connectivity index (χ2v) is 6.34. The van der Waals surface area contributed by atoms with Crippen molar-refractivity contribution in [3.63, 3.8) is 0 Å². The molecule has 1 aliphatic rings. The van der Waals surface area contributed by atoms with Crippen LogP contribution in [-0.2, 0) is 0 Å². The summed E-state index contributed by atoms with van der Waals surface area (Å²) in [6.45, 7) is 1.14. The van der Waals surface area contributed by atoms with E-state index in [-0.39, 0.29) is 12.0 Å². The predicted molar refractivity (Wildman–Crippen MR) is 90.6 cm³/mol. The zero-order valence-corrected chi connectivity index (χ0v) is 13.8. The molecule has 1 amide bonds. The van der Waals surface area contributed by atoms with Crippen molar-refractivity contribution >= 4 is 32.7 Å². The summed E-state index contributed by atoms with van der Waals surface area (Å²) < 4.78 is 6.63. The predicted octanol–water partition coefficient (Wildman–Crippen LogP) is 3.23. The van der Waals surface area contributed by atoms with Crippen LogP contribution in [0, 0.1) is 0 Å². The number of likely N-dealkylation sites (tertiary alicyclic amines) is 1. The van der Waals surface area contributed by atoms with Crippen molar-refractivity contribution in [3.05, 3.63) is 58.8 Å². The fraction of sp³-hybridized carbons (Fsp3) is 0.176. The standard InChI is InChI=1S/C17H14BrN3O2/c18-14-5-3-7-19-16(14)23-11-9-21(10-11)17(22)13-8-20-15-6-2-1-4-12(13)15/h1-8,11,20H,9-10H2. The van der Waals surface area contributed by atoms with Crippen LogP contribution in [-0.4, -0.2) is 40.0 Å². The number of halogens is 1. The largest absolute Gasteiger partial charge is 0.470 e. The Morgan fingerprint density at radius 3 is 2.91 bits per heavy atom. The first kappa shape index (κ1) is 14.3. The molecule has 0 atom stereocenters. The van der Waals surface area contributed by atoms with Crippen LogP contribution in [0.3, 0.4) is 0 Å². The number of carbonyl (C=O) groups is 1. The number of hydrogen-bond acceptors (Lipinski definition) is 3. The zero-order chi connectivity index (χ0) is 15.8. The van der Waals surface area contributed by atoms with Crippen LogP contribution in [0.1, 0.15) is 10.4 Å². The summed E-state index contributed by atoms with van der Waals surface area (Å²) in [5.74, 6) is 0.596. The Kier molecular flexibility index (Phi) is 3.53. The molecule has 0 saturated carbocycles. The molecule has 0 bridgehead atoms. The third kappa shape index (κ3) is 2.59. The topological polar surface area (TPSA) is 58.2 Å². The first-order valence-electron chi connectivity index (χ1n) is 7.35. The second-order valence-electron chi connectivity index (χ2n) is 5.49. The molecule has 6 heteroatoms. The van der Waals surface area contributed by atoms with Crippen LogP contribution >= 0.6 is 15.9 Å². The Bertz CT molecular complexity index is 871. The number of hydrogen-bond donors (Lipinski definition) is 1. The average Bonchev–Trinajstić information content (AvgIpc) is 2.95. The van der Waals surface area contributed by atoms with E-state index < -0.39 is 0 Å². The number of amides is 1. The van der Waals surface area contributed by atoms with Gasteiger partial charge in [-0.1, -0.05) is 18.2 Å². The van der Waals surface area contributed by atoms with Gasteiger partial charge in [-0.15, -0.1) is 0 Å². The SMILES string of the molecule is O=C(c1c[nH]c2ccccc12)N1CC(Oc2ncccc2Br)C1. The first-order valence-corrected chi connectivity index (χ1v) is 8.14. The quantitative estimate of drug-likeness (QED) is 0.768. The Morgan fingerprint density at radius 1 is 1.26 bits per heavy atom. The number of H-pyrrole nitrogens is 1. The fourth-order valence-electron chi connectivity index (χ4n) is 2.71. The van der Waals surface area contributed by atoms with E-state index in [0.717, 1.165) is 15.4 Å². The molecular weight excluding hydrogens is 358 g/mol. The lowest BCUT2D eigenvalue weighted by Crippen LogP contribution is -2.56. The lowest BCUT2D eigenvalue weighted by atomic mass is 10.1. The van der Waals surface area contributed by atoms with E-state index in [4.69, 9.17) is 4.74 Å². The molecule has 3 aromatic rings. The van der Waals surface area contributed by atoms with E-state index in [1.807, 2.05) is 36.4 Å². The average molecular weight is 372 g/mol. The molecule has 0 aliphatic carbocycles. The first-order chi connectivity index (χ1) is 11.2. The highest BCUT2D eigenvalue weighted by Gasteiger charge is 2.34. The van der Waals surface area contributed by atoms with Crippen LogP contribution in [0.5, 0.6) is 5.88 Å². The maximum absolute atomic E-state index is 12.6. The molecule has 1 fully saturated rings. The van der Waals surface area contributed by atoms with E-state index in [2.05, 4.69) is 25.9 Å². The number of aromatic amines is 1. The van der Waals surface area contributed by atoms with Gasteiger partial charge in [0.05, 0.1) is 23.1 Å². The van der Waals surface area contributed by atoms with Crippen LogP contribution in [0.25, 0.3) is 10.9 Å². The van der Waals surface area contributed by atoms with Gasteiger partial charge in [0.2, 0.25) is 5.88 Å². The number of aromatic nitrogens is 2. The summed E-state index contributed by atoms with van der Waals surface area (Å²) in [7, 11) is 0. The van der Waals surface area contributed by atoms with Gasteiger partial charge in [0, 0.05) is 23.3 Å². The van der Waals surface area contributed by atoms with Gasteiger partial charge >= 0.3 is 0 Å². The van der Waals surface area contributed by atoms with Gasteiger partial charge in [-0.2, -0.15) is 0 Å². The van der Waals surface area contributed by atoms with Crippen LogP contribution in [0.15, 0.2) is 53.3 Å². The minimum absolute atomic E-state index is 0.0182. The van der Waals surface area contributed by atoms with Crippen molar-refractivity contribution in [1.29, 1.82) is 0 Å². The molecule has 116 valence electrons. The number of para-hydroxylation sites is 1. The molecule has 1 saturated heterocycles. The summed E-state index contributed by atoms with van der Waals surface area (Å²) in [6.07, 6.45) is 3.44. The molecule has 23 heavy (non-hydrogen) atoms. The number of ether oxygens (including phenoxy) is 1. The summed E-state index contributed by atoms with van der Waals surface area (Å²) in [6, 6.07) is 11.5. The maximum Gasteiger partial charge on any atom is 0.256 e. The maximum atomic E-state index is 12.6. The molecule has 3 heterocycles. The number of benzene rings is 1. The lowest BCUT2D eigenvalue weighted by Gasteiger charge is -2.38. The number of carbonyl (C=O) groups excluding carboxylic acids is 1. The van der Waals surface area contributed by atoms with Crippen LogP contribution < -0.4 is 4.74 Å². The van der Waals surface area contributed by atoms with E-state index >= 15 is 0 Å². The van der Waals surface area contributed by atoms with Gasteiger partial charge in [-0.3, -0.25) is 4.79 Å². The molecule has 5 nitrogen and oxygen atoms in total. The number of pyridine rings is 1. The molecular formula is C17H14BrN3O2.